The number of aliphatic carboxylic acids is 2. The lowest BCUT2D eigenvalue weighted by molar-refractivity contribution is -0.158. The van der Waals surface area contributed by atoms with Gasteiger partial charge in [-0.1, -0.05) is 0 Å². The predicted molar refractivity (Wildman–Crippen MR) is 79.8 cm³/mol. The molecule has 0 radical (unpaired) electrons. The van der Waals surface area contributed by atoms with Gasteiger partial charge in [-0.15, -0.1) is 0 Å². The van der Waals surface area contributed by atoms with Crippen molar-refractivity contribution in [1.29, 1.82) is 0 Å². The molecular weight excluding hydrogens is 308 g/mol. The number of hydrogen-bond donors (Lipinski definition) is 5. The Labute approximate surface area is 133 Å². The zero-order valence-corrected chi connectivity index (χ0v) is 13.0. The Morgan fingerprint density at radius 1 is 1.13 bits per heavy atom. The maximum absolute atomic E-state index is 12.2. The molecule has 132 valence electrons. The summed E-state index contributed by atoms with van der Waals surface area (Å²) in [6.45, 7) is 0. The molecule has 0 rings (SSSR count). The number of carboxylic acid groups (broad SMARTS) is 2. The average molecular weight is 332 g/mol. The van der Waals surface area contributed by atoms with Gasteiger partial charge in [0.25, 0.3) is 0 Å². The van der Waals surface area contributed by atoms with E-state index in [1.165, 1.54) is 7.05 Å². The van der Waals surface area contributed by atoms with Crippen LogP contribution in [-0.4, -0.2) is 57.6 Å². The van der Waals surface area contributed by atoms with Crippen LogP contribution in [0.5, 0.6) is 0 Å². The molecule has 0 aliphatic heterocycles. The van der Waals surface area contributed by atoms with Crippen molar-refractivity contribution in [2.45, 2.75) is 50.2 Å². The van der Waals surface area contributed by atoms with Crippen LogP contribution >= 0.6 is 0 Å². The van der Waals surface area contributed by atoms with Gasteiger partial charge in [-0.05, 0) is 25.7 Å². The summed E-state index contributed by atoms with van der Waals surface area (Å²) < 4.78 is 0. The van der Waals surface area contributed by atoms with Crippen LogP contribution in [0.3, 0.4) is 0 Å². The lowest BCUT2D eigenvalue weighted by atomic mass is 9.99. The Balaban J connectivity index is 4.84. The Kier molecular flexibility index (Phi) is 8.19. The molecule has 0 saturated carbocycles. The van der Waals surface area contributed by atoms with E-state index in [2.05, 4.69) is 0 Å². The summed E-state index contributed by atoms with van der Waals surface area (Å²) in [5, 5.41) is 17.9. The molecule has 0 bridgehead atoms. The summed E-state index contributed by atoms with van der Waals surface area (Å²) in [4.78, 5) is 45.6. The van der Waals surface area contributed by atoms with Gasteiger partial charge in [0.15, 0.2) is 5.66 Å². The number of amides is 2. The fraction of sp³-hybridized carbons (Fsp3) is 0.692. The maximum atomic E-state index is 12.2. The number of nitrogens with zero attached hydrogens (tertiary/aromatic N) is 1. The molecular formula is C13H24N4O6. The third-order valence-electron chi connectivity index (χ3n) is 3.52. The molecule has 2 atom stereocenters. The lowest BCUT2D eigenvalue weighted by Gasteiger charge is -2.36. The highest BCUT2D eigenvalue weighted by molar-refractivity contribution is 5.89. The number of carbonyl (C=O) groups is 4. The number of hydrogen-bond acceptors (Lipinski definition) is 6. The van der Waals surface area contributed by atoms with E-state index >= 15 is 0 Å². The number of carboxylic acids is 2. The van der Waals surface area contributed by atoms with Gasteiger partial charge >= 0.3 is 11.9 Å². The minimum absolute atomic E-state index is 0.0206. The Morgan fingerprint density at radius 3 is 2.13 bits per heavy atom. The SMILES string of the molecule is CN(C(=O)C(N)CCC(N)=O)C(N)(CCCCC(=O)O)C(=O)O. The lowest BCUT2D eigenvalue weighted by Crippen LogP contribution is -2.64. The van der Waals surface area contributed by atoms with Crippen LogP contribution in [0.15, 0.2) is 0 Å². The van der Waals surface area contributed by atoms with Gasteiger partial charge in [-0.3, -0.25) is 20.1 Å². The van der Waals surface area contributed by atoms with Crippen LogP contribution < -0.4 is 17.2 Å². The smallest absolute Gasteiger partial charge is 0.344 e. The monoisotopic (exact) mass is 332 g/mol. The minimum Gasteiger partial charge on any atom is -0.481 e. The van der Waals surface area contributed by atoms with Crippen molar-refractivity contribution in [2.75, 3.05) is 7.05 Å². The number of unbranched alkanes of at least 4 members (excludes halogenated alkanes) is 1. The second kappa shape index (κ2) is 9.06. The van der Waals surface area contributed by atoms with Crippen molar-refractivity contribution in [3.63, 3.8) is 0 Å². The summed E-state index contributed by atoms with van der Waals surface area (Å²) >= 11 is 0. The van der Waals surface area contributed by atoms with Crippen molar-refractivity contribution in [2.24, 2.45) is 17.2 Å². The molecule has 0 spiro atoms. The molecule has 0 aliphatic rings. The van der Waals surface area contributed by atoms with Crippen molar-refractivity contribution in [3.8, 4) is 0 Å². The highest BCUT2D eigenvalue weighted by atomic mass is 16.4. The third kappa shape index (κ3) is 6.61. The number of nitrogens with two attached hydrogens (primary N) is 3. The molecule has 0 saturated heterocycles. The van der Waals surface area contributed by atoms with E-state index in [0.717, 1.165) is 4.90 Å². The van der Waals surface area contributed by atoms with Crippen LogP contribution in [-0.2, 0) is 19.2 Å². The van der Waals surface area contributed by atoms with Gasteiger partial charge in [0.1, 0.15) is 0 Å². The first-order valence-electron chi connectivity index (χ1n) is 7.08. The maximum Gasteiger partial charge on any atom is 0.344 e. The van der Waals surface area contributed by atoms with Crippen molar-refractivity contribution in [1.82, 2.24) is 4.90 Å². The molecule has 2 unspecified atom stereocenters. The molecule has 8 N–H and O–H groups in total. The Morgan fingerprint density at radius 2 is 1.70 bits per heavy atom. The molecule has 0 aromatic carbocycles. The third-order valence-corrected chi connectivity index (χ3v) is 3.52. The van der Waals surface area contributed by atoms with Crippen LogP contribution in [0.2, 0.25) is 0 Å². The predicted octanol–water partition coefficient (Wildman–Crippen LogP) is -1.58. The van der Waals surface area contributed by atoms with Gasteiger partial charge < -0.3 is 26.6 Å². The Hall–Kier alpha value is -2.20. The minimum atomic E-state index is -2.00. The van der Waals surface area contributed by atoms with Crippen molar-refractivity contribution < 1.29 is 29.4 Å². The van der Waals surface area contributed by atoms with Crippen LogP contribution in [0, 0.1) is 0 Å². The van der Waals surface area contributed by atoms with Gasteiger partial charge in [-0.2, -0.15) is 0 Å². The summed E-state index contributed by atoms with van der Waals surface area (Å²) in [6.07, 6.45) is 0.0731. The number of carbonyl (C=O) groups excluding carboxylic acids is 2. The highest BCUT2D eigenvalue weighted by Crippen LogP contribution is 2.18. The molecule has 0 aromatic heterocycles. The van der Waals surface area contributed by atoms with E-state index in [9.17, 15) is 24.3 Å². The summed E-state index contributed by atoms with van der Waals surface area (Å²) in [5.74, 6) is -3.78. The van der Waals surface area contributed by atoms with E-state index < -0.39 is 35.5 Å². The van der Waals surface area contributed by atoms with Crippen LogP contribution in [0.4, 0.5) is 0 Å². The first-order valence-corrected chi connectivity index (χ1v) is 7.08. The quantitative estimate of drug-likeness (QED) is 0.221. The standard InChI is InChI=1S/C13H24N4O6/c1-17(11(21)8(14)5-6-9(15)18)13(16,12(22)23)7-3-2-4-10(19)20/h8H,2-7,14,16H2,1H3,(H2,15,18)(H,19,20)(H,22,23). The van der Waals surface area contributed by atoms with Crippen LogP contribution in [0.1, 0.15) is 38.5 Å². The van der Waals surface area contributed by atoms with Gasteiger partial charge in [0.2, 0.25) is 11.8 Å². The first kappa shape index (κ1) is 20.8. The van der Waals surface area contributed by atoms with E-state index in [1.54, 1.807) is 0 Å². The van der Waals surface area contributed by atoms with Gasteiger partial charge in [-0.25, -0.2) is 4.79 Å². The second-order valence-corrected chi connectivity index (χ2v) is 5.34. The molecule has 0 heterocycles. The van der Waals surface area contributed by atoms with Crippen LogP contribution in [0.25, 0.3) is 0 Å². The van der Waals surface area contributed by atoms with Crippen molar-refractivity contribution >= 4 is 23.8 Å². The summed E-state index contributed by atoms with van der Waals surface area (Å²) in [6, 6.07) is -1.10. The zero-order chi connectivity index (χ0) is 18.2. The normalized spacial score (nSPS) is 14.6. The van der Waals surface area contributed by atoms with E-state index in [-0.39, 0.29) is 38.5 Å². The molecule has 0 aromatic rings. The fourth-order valence-electron chi connectivity index (χ4n) is 1.96. The zero-order valence-electron chi connectivity index (χ0n) is 13.0. The molecule has 0 fully saturated rings. The number of rotatable bonds is 11. The first-order chi connectivity index (χ1) is 10.5. The average Bonchev–Trinajstić information content (AvgIpc) is 2.46. The van der Waals surface area contributed by atoms with Gasteiger partial charge in [0.05, 0.1) is 6.04 Å². The van der Waals surface area contributed by atoms with E-state index in [0.29, 0.717) is 0 Å². The van der Waals surface area contributed by atoms with E-state index in [4.69, 9.17) is 22.3 Å². The number of likely N-dealkylation sites (N-methyl/N-ethyl adjacent to an activating group) is 1. The summed E-state index contributed by atoms with van der Waals surface area (Å²) in [7, 11) is 1.21. The molecule has 2 amide bonds. The fourth-order valence-corrected chi connectivity index (χ4v) is 1.96. The topological polar surface area (TPSA) is 190 Å². The number of primary amides is 1. The largest absolute Gasteiger partial charge is 0.481 e. The molecule has 0 aliphatic carbocycles. The summed E-state index contributed by atoms with van der Waals surface area (Å²) in [5.41, 5.74) is 14.4. The second-order valence-electron chi connectivity index (χ2n) is 5.34. The van der Waals surface area contributed by atoms with E-state index in [1.807, 2.05) is 0 Å². The highest BCUT2D eigenvalue weighted by Gasteiger charge is 2.41. The van der Waals surface area contributed by atoms with Gasteiger partial charge in [0, 0.05) is 19.9 Å². The molecule has 10 heteroatoms. The van der Waals surface area contributed by atoms with Crippen molar-refractivity contribution in [3.05, 3.63) is 0 Å². The Bertz CT molecular complexity index is 469. The molecule has 23 heavy (non-hydrogen) atoms. The molecule has 10 nitrogen and oxygen atoms in total.